The van der Waals surface area contributed by atoms with Gasteiger partial charge in [0.05, 0.1) is 11.1 Å². The lowest BCUT2D eigenvalue weighted by Crippen LogP contribution is -2.21. The fraction of sp³-hybridized carbons (Fsp3) is 0.133. The summed E-state index contributed by atoms with van der Waals surface area (Å²) in [5.74, 6) is -3.06. The van der Waals surface area contributed by atoms with Gasteiger partial charge in [-0.2, -0.15) is 0 Å². The minimum Gasteiger partial charge on any atom is -0.299 e. The van der Waals surface area contributed by atoms with Gasteiger partial charge in [0.25, 0.3) is 5.56 Å². The van der Waals surface area contributed by atoms with E-state index in [1.807, 2.05) is 0 Å². The van der Waals surface area contributed by atoms with Gasteiger partial charge in [-0.25, -0.2) is 18.2 Å². The van der Waals surface area contributed by atoms with Crippen molar-refractivity contribution in [1.29, 1.82) is 0 Å². The smallest absolute Gasteiger partial charge is 0.261 e. The molecule has 112 valence electrons. The molecule has 22 heavy (non-hydrogen) atoms. The molecule has 2 heterocycles. The zero-order valence-corrected chi connectivity index (χ0v) is 11.7. The van der Waals surface area contributed by atoms with Crippen molar-refractivity contribution >= 4 is 10.9 Å². The van der Waals surface area contributed by atoms with E-state index in [9.17, 15) is 18.0 Å². The second-order valence-corrected chi connectivity index (χ2v) is 4.83. The molecular weight excluding hydrogens is 295 g/mol. The quantitative estimate of drug-likeness (QED) is 0.650. The molecular formula is C15H10F3N3O. The maximum Gasteiger partial charge on any atom is 0.261 e. The number of benzene rings is 1. The van der Waals surface area contributed by atoms with E-state index in [1.54, 1.807) is 14.0 Å². The van der Waals surface area contributed by atoms with Crippen LogP contribution in [0.1, 0.15) is 5.82 Å². The van der Waals surface area contributed by atoms with Crippen LogP contribution in [0.15, 0.2) is 29.2 Å². The highest BCUT2D eigenvalue weighted by Gasteiger charge is 2.17. The number of fused-ring (bicyclic) bond motifs is 1. The van der Waals surface area contributed by atoms with Gasteiger partial charge in [-0.15, -0.1) is 0 Å². The Kier molecular flexibility index (Phi) is 3.20. The highest BCUT2D eigenvalue weighted by Crippen LogP contribution is 2.27. The predicted octanol–water partition coefficient (Wildman–Crippen LogP) is 2.72. The Balaban J connectivity index is 2.43. The first-order chi connectivity index (χ1) is 10.4. The number of aryl methyl sites for hydroxylation is 1. The maximum absolute atomic E-state index is 14.0. The molecule has 0 atom stereocenters. The Morgan fingerprint density at radius 3 is 2.50 bits per heavy atom. The molecule has 0 amide bonds. The number of aromatic nitrogens is 3. The number of hydrogen-bond acceptors (Lipinski definition) is 3. The molecule has 0 bridgehead atoms. The van der Waals surface area contributed by atoms with E-state index in [0.29, 0.717) is 18.0 Å². The molecule has 0 saturated carbocycles. The van der Waals surface area contributed by atoms with E-state index in [2.05, 4.69) is 9.97 Å². The summed E-state index contributed by atoms with van der Waals surface area (Å²) in [7, 11) is 1.56. The third kappa shape index (κ3) is 2.05. The van der Waals surface area contributed by atoms with Crippen LogP contribution in [0.4, 0.5) is 13.2 Å². The average molecular weight is 305 g/mol. The van der Waals surface area contributed by atoms with Crippen LogP contribution in [0.5, 0.6) is 0 Å². The van der Waals surface area contributed by atoms with Crippen LogP contribution < -0.4 is 5.56 Å². The molecule has 4 nitrogen and oxygen atoms in total. The molecule has 0 radical (unpaired) electrons. The molecule has 1 aromatic carbocycles. The van der Waals surface area contributed by atoms with E-state index in [-0.39, 0.29) is 27.7 Å². The summed E-state index contributed by atoms with van der Waals surface area (Å²) in [6.07, 6.45) is 1.30. The van der Waals surface area contributed by atoms with Gasteiger partial charge >= 0.3 is 0 Å². The van der Waals surface area contributed by atoms with Gasteiger partial charge in [0.2, 0.25) is 0 Å². The van der Waals surface area contributed by atoms with Gasteiger partial charge in [-0.1, -0.05) is 0 Å². The second-order valence-electron chi connectivity index (χ2n) is 4.83. The molecule has 3 aromatic rings. The number of halogens is 3. The van der Waals surface area contributed by atoms with Gasteiger partial charge < -0.3 is 0 Å². The summed E-state index contributed by atoms with van der Waals surface area (Å²) >= 11 is 0. The number of hydrogen-bond donors (Lipinski definition) is 0. The summed E-state index contributed by atoms with van der Waals surface area (Å²) in [4.78, 5) is 20.4. The van der Waals surface area contributed by atoms with Crippen LogP contribution in [0, 0.1) is 24.4 Å². The summed E-state index contributed by atoms with van der Waals surface area (Å²) in [6.45, 7) is 1.61. The van der Waals surface area contributed by atoms with Gasteiger partial charge in [0.15, 0.2) is 11.6 Å². The SMILES string of the molecule is Cc1nc2c(-c3cc(F)c(F)cc3F)nccc2c(=O)n1C. The number of rotatable bonds is 1. The van der Waals surface area contributed by atoms with Crippen molar-refractivity contribution in [3.63, 3.8) is 0 Å². The summed E-state index contributed by atoms with van der Waals surface area (Å²) in [6, 6.07) is 2.60. The van der Waals surface area contributed by atoms with Crippen LogP contribution in [0.3, 0.4) is 0 Å². The first-order valence-electron chi connectivity index (χ1n) is 6.37. The molecule has 0 N–H and O–H groups in total. The maximum atomic E-state index is 14.0. The first-order valence-corrected chi connectivity index (χ1v) is 6.37. The average Bonchev–Trinajstić information content (AvgIpc) is 2.48. The lowest BCUT2D eigenvalue weighted by atomic mass is 10.1. The van der Waals surface area contributed by atoms with Crippen molar-refractivity contribution in [2.45, 2.75) is 6.92 Å². The standard InChI is InChI=1S/C15H10F3N3O/c1-7-20-14-8(15(22)21(7)2)3-4-19-13(14)9-5-11(17)12(18)6-10(9)16/h3-6H,1-2H3. The topological polar surface area (TPSA) is 47.8 Å². The summed E-state index contributed by atoms with van der Waals surface area (Å²) < 4.78 is 41.8. The lowest BCUT2D eigenvalue weighted by molar-refractivity contribution is 0.496. The third-order valence-corrected chi connectivity index (χ3v) is 3.48. The van der Waals surface area contributed by atoms with E-state index in [0.717, 1.165) is 0 Å². The van der Waals surface area contributed by atoms with Crippen molar-refractivity contribution in [3.05, 3.63) is 58.0 Å². The third-order valence-electron chi connectivity index (χ3n) is 3.48. The van der Waals surface area contributed by atoms with Crippen molar-refractivity contribution < 1.29 is 13.2 Å². The fourth-order valence-corrected chi connectivity index (χ4v) is 2.21. The fourth-order valence-electron chi connectivity index (χ4n) is 2.21. The Morgan fingerprint density at radius 1 is 1.09 bits per heavy atom. The Labute approximate surface area is 122 Å². The summed E-state index contributed by atoms with van der Waals surface area (Å²) in [5.41, 5.74) is -0.429. The van der Waals surface area contributed by atoms with E-state index < -0.39 is 17.5 Å². The molecule has 7 heteroatoms. The van der Waals surface area contributed by atoms with E-state index >= 15 is 0 Å². The van der Waals surface area contributed by atoms with Crippen LogP contribution >= 0.6 is 0 Å². The Bertz CT molecular complexity index is 966. The molecule has 0 aliphatic heterocycles. The van der Waals surface area contributed by atoms with Crippen LogP contribution in [0.25, 0.3) is 22.2 Å². The molecule has 0 unspecified atom stereocenters. The van der Waals surface area contributed by atoms with Crippen molar-refractivity contribution in [1.82, 2.24) is 14.5 Å². The number of pyridine rings is 1. The van der Waals surface area contributed by atoms with Gasteiger partial charge in [-0.3, -0.25) is 14.3 Å². The van der Waals surface area contributed by atoms with Gasteiger partial charge in [0.1, 0.15) is 17.2 Å². The van der Waals surface area contributed by atoms with Crippen LogP contribution in [0.2, 0.25) is 0 Å². The van der Waals surface area contributed by atoms with Gasteiger partial charge in [0, 0.05) is 24.9 Å². The zero-order chi connectivity index (χ0) is 16.0. The highest BCUT2D eigenvalue weighted by atomic mass is 19.2. The molecule has 2 aromatic heterocycles. The zero-order valence-electron chi connectivity index (χ0n) is 11.7. The van der Waals surface area contributed by atoms with Crippen LogP contribution in [-0.4, -0.2) is 14.5 Å². The minimum absolute atomic E-state index is 0.00491. The normalized spacial score (nSPS) is 11.1. The Hall–Kier alpha value is -2.70. The monoisotopic (exact) mass is 305 g/mol. The predicted molar refractivity (Wildman–Crippen MR) is 74.8 cm³/mol. The largest absolute Gasteiger partial charge is 0.299 e. The molecule has 0 aliphatic carbocycles. The lowest BCUT2D eigenvalue weighted by Gasteiger charge is -2.09. The first kappa shape index (κ1) is 14.2. The van der Waals surface area contributed by atoms with Crippen molar-refractivity contribution in [2.75, 3.05) is 0 Å². The molecule has 0 aliphatic rings. The summed E-state index contributed by atoms with van der Waals surface area (Å²) in [5, 5.41) is 0.224. The second kappa shape index (κ2) is 4.94. The molecule has 0 spiro atoms. The van der Waals surface area contributed by atoms with E-state index in [1.165, 1.54) is 16.8 Å². The Morgan fingerprint density at radius 2 is 1.77 bits per heavy atom. The van der Waals surface area contributed by atoms with Gasteiger partial charge in [-0.05, 0) is 19.1 Å². The molecule has 3 rings (SSSR count). The molecule has 0 saturated heterocycles. The number of nitrogens with zero attached hydrogens (tertiary/aromatic N) is 3. The van der Waals surface area contributed by atoms with Crippen molar-refractivity contribution in [3.8, 4) is 11.3 Å². The molecule has 0 fully saturated rings. The van der Waals surface area contributed by atoms with Crippen LogP contribution in [-0.2, 0) is 7.05 Å². The van der Waals surface area contributed by atoms with E-state index in [4.69, 9.17) is 0 Å². The highest BCUT2D eigenvalue weighted by molar-refractivity contribution is 5.90. The minimum atomic E-state index is -1.29. The van der Waals surface area contributed by atoms with Crippen molar-refractivity contribution in [2.24, 2.45) is 7.05 Å².